The van der Waals surface area contributed by atoms with Gasteiger partial charge < -0.3 is 15.2 Å². The minimum atomic E-state index is -1.12. The summed E-state index contributed by atoms with van der Waals surface area (Å²) in [4.78, 5) is 22.9. The zero-order chi connectivity index (χ0) is 17.8. The van der Waals surface area contributed by atoms with Crippen molar-refractivity contribution in [3.05, 3.63) is 16.4 Å². The van der Waals surface area contributed by atoms with E-state index in [4.69, 9.17) is 16.3 Å². The minimum absolute atomic E-state index is 0.190. The second-order valence-electron chi connectivity index (χ2n) is 6.02. The lowest BCUT2D eigenvalue weighted by atomic mass is 10.2. The van der Waals surface area contributed by atoms with E-state index in [0.717, 1.165) is 11.4 Å². The van der Waals surface area contributed by atoms with E-state index in [-0.39, 0.29) is 5.75 Å². The smallest absolute Gasteiger partial charge is 0.408 e. The number of carboxylic acid groups (broad SMARTS) is 1. The van der Waals surface area contributed by atoms with Crippen molar-refractivity contribution in [2.75, 3.05) is 5.75 Å². The molecule has 1 atom stereocenters. The Morgan fingerprint density at radius 3 is 2.52 bits per heavy atom. The third-order valence-electron chi connectivity index (χ3n) is 2.77. The monoisotopic (exact) mass is 363 g/mol. The van der Waals surface area contributed by atoms with Gasteiger partial charge in [-0.05, 0) is 27.7 Å². The molecule has 0 fully saturated rings. The number of hydrogen-bond acceptors (Lipinski definition) is 5. The lowest BCUT2D eigenvalue weighted by Crippen LogP contribution is -2.44. The van der Waals surface area contributed by atoms with Gasteiger partial charge in [0.25, 0.3) is 0 Å². The number of halogens is 1. The molecule has 0 aliphatic heterocycles. The Bertz CT molecular complexity index is 583. The summed E-state index contributed by atoms with van der Waals surface area (Å²) in [6.45, 7) is 6.94. The van der Waals surface area contributed by atoms with Gasteiger partial charge in [-0.3, -0.25) is 4.68 Å². The van der Waals surface area contributed by atoms with E-state index < -0.39 is 23.7 Å². The maximum absolute atomic E-state index is 11.7. The van der Waals surface area contributed by atoms with Gasteiger partial charge in [0.2, 0.25) is 0 Å². The molecule has 0 saturated carbocycles. The first kappa shape index (κ1) is 19.6. The lowest BCUT2D eigenvalue weighted by Gasteiger charge is -2.21. The highest BCUT2D eigenvalue weighted by Gasteiger charge is 2.24. The van der Waals surface area contributed by atoms with E-state index >= 15 is 0 Å². The van der Waals surface area contributed by atoms with Crippen molar-refractivity contribution in [3.63, 3.8) is 0 Å². The Balaban J connectivity index is 2.57. The second kappa shape index (κ2) is 7.92. The molecule has 0 spiro atoms. The Labute approximate surface area is 144 Å². The molecule has 0 aliphatic rings. The van der Waals surface area contributed by atoms with Crippen LogP contribution in [0.2, 0.25) is 5.02 Å². The van der Waals surface area contributed by atoms with Gasteiger partial charge >= 0.3 is 12.1 Å². The van der Waals surface area contributed by atoms with Crippen LogP contribution in [0.1, 0.15) is 32.2 Å². The van der Waals surface area contributed by atoms with Crippen LogP contribution in [0.4, 0.5) is 4.79 Å². The number of hydrogen-bond donors (Lipinski definition) is 2. The number of carbonyl (C=O) groups is 2. The van der Waals surface area contributed by atoms with Gasteiger partial charge in [0.05, 0.1) is 16.4 Å². The number of alkyl carbamates (subject to hydrolysis) is 1. The van der Waals surface area contributed by atoms with E-state index in [2.05, 4.69) is 10.4 Å². The van der Waals surface area contributed by atoms with E-state index in [1.807, 2.05) is 0 Å². The number of amides is 1. The largest absolute Gasteiger partial charge is 0.480 e. The molecule has 1 aromatic heterocycles. The van der Waals surface area contributed by atoms with Gasteiger partial charge in [-0.1, -0.05) is 11.6 Å². The molecule has 2 N–H and O–H groups in total. The number of aryl methyl sites for hydroxylation is 2. The van der Waals surface area contributed by atoms with Crippen LogP contribution < -0.4 is 5.32 Å². The summed E-state index contributed by atoms with van der Waals surface area (Å²) in [6.07, 6.45) is -0.750. The summed E-state index contributed by atoms with van der Waals surface area (Å²) < 4.78 is 6.74. The fraction of sp³-hybridized carbons (Fsp3) is 0.643. The standard InChI is InChI=1S/C14H22ClN3O4S/c1-8-11(15)10(18(5)17-8)7-23-6-9(12(19)20)16-13(21)22-14(2,3)4/h9H,6-7H2,1-5H3,(H,16,21)(H,19,20). The molecule has 9 heteroatoms. The van der Waals surface area contributed by atoms with Crippen molar-refractivity contribution in [3.8, 4) is 0 Å². The highest BCUT2D eigenvalue weighted by Crippen LogP contribution is 2.24. The highest BCUT2D eigenvalue weighted by molar-refractivity contribution is 7.98. The van der Waals surface area contributed by atoms with Crippen LogP contribution in [0.3, 0.4) is 0 Å². The third kappa shape index (κ3) is 6.31. The molecule has 1 rings (SSSR count). The molecule has 1 unspecified atom stereocenters. The fourth-order valence-corrected chi connectivity index (χ4v) is 3.15. The summed E-state index contributed by atoms with van der Waals surface area (Å²) in [7, 11) is 1.78. The van der Waals surface area contributed by atoms with Crippen LogP contribution in [0.15, 0.2) is 0 Å². The number of ether oxygens (including phenoxy) is 1. The number of carbonyl (C=O) groups excluding carboxylic acids is 1. The SMILES string of the molecule is Cc1nn(C)c(CSCC(NC(=O)OC(C)(C)C)C(=O)O)c1Cl. The highest BCUT2D eigenvalue weighted by atomic mass is 35.5. The molecule has 0 aromatic carbocycles. The van der Waals surface area contributed by atoms with Gasteiger partial charge in [-0.15, -0.1) is 0 Å². The Morgan fingerprint density at radius 2 is 2.09 bits per heavy atom. The van der Waals surface area contributed by atoms with Gasteiger partial charge in [0, 0.05) is 18.6 Å². The number of aliphatic carboxylic acids is 1. The first-order valence-electron chi connectivity index (χ1n) is 6.99. The van der Waals surface area contributed by atoms with Crippen molar-refractivity contribution in [2.45, 2.75) is 45.1 Å². The van der Waals surface area contributed by atoms with Crippen LogP contribution in [0.25, 0.3) is 0 Å². The molecule has 0 aliphatic carbocycles. The normalized spacial score (nSPS) is 12.8. The van der Waals surface area contributed by atoms with Crippen LogP contribution in [-0.4, -0.2) is 44.3 Å². The Morgan fingerprint density at radius 1 is 1.48 bits per heavy atom. The van der Waals surface area contributed by atoms with Crippen molar-refractivity contribution in [1.82, 2.24) is 15.1 Å². The quantitative estimate of drug-likeness (QED) is 0.806. The summed E-state index contributed by atoms with van der Waals surface area (Å²) in [6, 6.07) is -1.04. The summed E-state index contributed by atoms with van der Waals surface area (Å²) in [5.41, 5.74) is 0.863. The van der Waals surface area contributed by atoms with Crippen molar-refractivity contribution in [2.24, 2.45) is 7.05 Å². The average molecular weight is 364 g/mol. The molecule has 1 heterocycles. The Hall–Kier alpha value is -1.41. The number of thioether (sulfide) groups is 1. The predicted molar refractivity (Wildman–Crippen MR) is 89.9 cm³/mol. The Kier molecular flexibility index (Phi) is 6.76. The molecule has 23 heavy (non-hydrogen) atoms. The zero-order valence-corrected chi connectivity index (χ0v) is 15.4. The van der Waals surface area contributed by atoms with Crippen molar-refractivity contribution < 1.29 is 19.4 Å². The average Bonchev–Trinajstić information content (AvgIpc) is 2.61. The van der Waals surface area contributed by atoms with E-state index in [1.165, 1.54) is 11.8 Å². The fourth-order valence-electron chi connectivity index (χ4n) is 1.73. The third-order valence-corrected chi connectivity index (χ3v) is 4.31. The summed E-state index contributed by atoms with van der Waals surface area (Å²) in [5.74, 6) is -0.430. The molecular formula is C14H22ClN3O4S. The number of carboxylic acids is 1. The summed E-state index contributed by atoms with van der Waals surface area (Å²) in [5, 5.41) is 16.3. The molecule has 7 nitrogen and oxygen atoms in total. The molecule has 0 radical (unpaired) electrons. The second-order valence-corrected chi connectivity index (χ2v) is 7.43. The van der Waals surface area contributed by atoms with Gasteiger partial charge in [0.15, 0.2) is 0 Å². The molecule has 0 bridgehead atoms. The maximum atomic E-state index is 11.7. The van der Waals surface area contributed by atoms with Gasteiger partial charge in [-0.2, -0.15) is 16.9 Å². The molecular weight excluding hydrogens is 342 g/mol. The molecule has 0 saturated heterocycles. The lowest BCUT2D eigenvalue weighted by molar-refractivity contribution is -0.138. The zero-order valence-electron chi connectivity index (χ0n) is 13.8. The number of aromatic nitrogens is 2. The van der Waals surface area contributed by atoms with Crippen LogP contribution in [0.5, 0.6) is 0 Å². The number of nitrogens with one attached hydrogen (secondary N) is 1. The molecule has 1 aromatic rings. The summed E-state index contributed by atoms with van der Waals surface area (Å²) >= 11 is 7.49. The first-order chi connectivity index (χ1) is 10.5. The number of nitrogens with zero attached hydrogens (tertiary/aromatic N) is 2. The predicted octanol–water partition coefficient (Wildman–Crippen LogP) is 2.59. The minimum Gasteiger partial charge on any atom is -0.480 e. The van der Waals surface area contributed by atoms with E-state index in [1.54, 1.807) is 39.4 Å². The number of rotatable bonds is 6. The van der Waals surface area contributed by atoms with Crippen molar-refractivity contribution in [1.29, 1.82) is 0 Å². The van der Waals surface area contributed by atoms with Gasteiger partial charge in [-0.25, -0.2) is 9.59 Å². The first-order valence-corrected chi connectivity index (χ1v) is 8.52. The van der Waals surface area contributed by atoms with Crippen LogP contribution in [0, 0.1) is 6.92 Å². The van der Waals surface area contributed by atoms with Crippen LogP contribution in [-0.2, 0) is 22.3 Å². The van der Waals surface area contributed by atoms with Crippen LogP contribution >= 0.6 is 23.4 Å². The van der Waals surface area contributed by atoms with Crippen molar-refractivity contribution >= 4 is 35.4 Å². The van der Waals surface area contributed by atoms with E-state index in [9.17, 15) is 14.7 Å². The van der Waals surface area contributed by atoms with E-state index in [0.29, 0.717) is 10.8 Å². The molecule has 130 valence electrons. The topological polar surface area (TPSA) is 93.5 Å². The maximum Gasteiger partial charge on any atom is 0.408 e. The van der Waals surface area contributed by atoms with Gasteiger partial charge in [0.1, 0.15) is 11.6 Å². The molecule has 1 amide bonds.